The third-order valence-corrected chi connectivity index (χ3v) is 5.43. The second-order valence-electron chi connectivity index (χ2n) is 5.11. The second-order valence-corrected chi connectivity index (χ2v) is 6.91. The highest BCUT2D eigenvalue weighted by atomic mass is 32.2. The summed E-state index contributed by atoms with van der Waals surface area (Å²) >= 11 is 3.37. The Morgan fingerprint density at radius 3 is 2.64 bits per heavy atom. The standard InChI is InChI=1S/C16H18N4S2/c1-4-14-18-19-16(20(14)3)22-10-13-9-21-15(17-13)12-7-5-11(2)6-8-12/h5-9H,4,10H2,1-3H3. The molecule has 0 saturated carbocycles. The van der Waals surface area contributed by atoms with Crippen molar-refractivity contribution in [3.63, 3.8) is 0 Å². The van der Waals surface area contributed by atoms with Crippen LogP contribution >= 0.6 is 23.1 Å². The van der Waals surface area contributed by atoms with Crippen molar-refractivity contribution in [1.29, 1.82) is 0 Å². The Kier molecular flexibility index (Phi) is 4.59. The average Bonchev–Trinajstić information content (AvgIpc) is 3.13. The Labute approximate surface area is 138 Å². The van der Waals surface area contributed by atoms with Gasteiger partial charge in [-0.1, -0.05) is 48.5 Å². The van der Waals surface area contributed by atoms with E-state index in [1.54, 1.807) is 23.1 Å². The van der Waals surface area contributed by atoms with Gasteiger partial charge in [0, 0.05) is 30.2 Å². The highest BCUT2D eigenvalue weighted by molar-refractivity contribution is 7.98. The molecule has 114 valence electrons. The monoisotopic (exact) mass is 330 g/mol. The van der Waals surface area contributed by atoms with Crippen LogP contribution in [0.25, 0.3) is 10.6 Å². The van der Waals surface area contributed by atoms with Crippen molar-refractivity contribution in [2.24, 2.45) is 7.05 Å². The number of thioether (sulfide) groups is 1. The maximum Gasteiger partial charge on any atom is 0.191 e. The summed E-state index contributed by atoms with van der Waals surface area (Å²) < 4.78 is 2.05. The first-order valence-electron chi connectivity index (χ1n) is 7.20. The molecule has 0 unspecified atom stereocenters. The van der Waals surface area contributed by atoms with Crippen LogP contribution in [-0.4, -0.2) is 19.7 Å². The van der Waals surface area contributed by atoms with Gasteiger partial charge in [0.2, 0.25) is 0 Å². The summed E-state index contributed by atoms with van der Waals surface area (Å²) in [5.41, 5.74) is 3.54. The normalized spacial score (nSPS) is 11.0. The largest absolute Gasteiger partial charge is 0.309 e. The summed E-state index contributed by atoms with van der Waals surface area (Å²) in [5.74, 6) is 1.83. The molecule has 0 radical (unpaired) electrons. The van der Waals surface area contributed by atoms with Crippen LogP contribution < -0.4 is 0 Å². The van der Waals surface area contributed by atoms with Gasteiger partial charge in [-0.15, -0.1) is 21.5 Å². The Hall–Kier alpha value is -1.66. The number of nitrogens with zero attached hydrogens (tertiary/aromatic N) is 4. The smallest absolute Gasteiger partial charge is 0.191 e. The topological polar surface area (TPSA) is 43.6 Å². The first-order chi connectivity index (χ1) is 10.7. The molecular weight excluding hydrogens is 312 g/mol. The summed E-state index contributed by atoms with van der Waals surface area (Å²) in [6, 6.07) is 8.50. The van der Waals surface area contributed by atoms with Gasteiger partial charge in [0.1, 0.15) is 10.8 Å². The Bertz CT molecular complexity index is 759. The van der Waals surface area contributed by atoms with Crippen molar-refractivity contribution in [3.05, 3.63) is 46.7 Å². The zero-order chi connectivity index (χ0) is 15.5. The molecule has 1 aromatic carbocycles. The van der Waals surface area contributed by atoms with Gasteiger partial charge in [0.25, 0.3) is 0 Å². The lowest BCUT2D eigenvalue weighted by atomic mass is 10.2. The fraction of sp³-hybridized carbons (Fsp3) is 0.312. The molecule has 0 N–H and O–H groups in total. The van der Waals surface area contributed by atoms with Gasteiger partial charge in [-0.3, -0.25) is 0 Å². The molecule has 4 nitrogen and oxygen atoms in total. The molecule has 0 aliphatic rings. The zero-order valence-corrected chi connectivity index (χ0v) is 14.5. The van der Waals surface area contributed by atoms with Gasteiger partial charge in [-0.25, -0.2) is 4.98 Å². The molecule has 3 rings (SSSR count). The fourth-order valence-electron chi connectivity index (χ4n) is 2.12. The highest BCUT2D eigenvalue weighted by Crippen LogP contribution is 2.27. The number of rotatable bonds is 5. The van der Waals surface area contributed by atoms with Crippen molar-refractivity contribution >= 4 is 23.1 Å². The van der Waals surface area contributed by atoms with Gasteiger partial charge in [0.15, 0.2) is 5.16 Å². The van der Waals surface area contributed by atoms with Crippen molar-refractivity contribution in [2.45, 2.75) is 31.2 Å². The maximum absolute atomic E-state index is 4.72. The number of aromatic nitrogens is 4. The van der Waals surface area contributed by atoms with E-state index in [9.17, 15) is 0 Å². The zero-order valence-electron chi connectivity index (χ0n) is 12.9. The average molecular weight is 330 g/mol. The quantitative estimate of drug-likeness (QED) is 0.661. The first-order valence-corrected chi connectivity index (χ1v) is 9.06. The number of hydrogen-bond acceptors (Lipinski definition) is 5. The van der Waals surface area contributed by atoms with Crippen LogP contribution in [0.3, 0.4) is 0 Å². The molecule has 0 amide bonds. The highest BCUT2D eigenvalue weighted by Gasteiger charge is 2.10. The number of aryl methyl sites for hydroxylation is 2. The van der Waals surface area contributed by atoms with Crippen molar-refractivity contribution in [1.82, 2.24) is 19.7 Å². The van der Waals surface area contributed by atoms with Gasteiger partial charge in [-0.2, -0.15) is 0 Å². The van der Waals surface area contributed by atoms with Crippen molar-refractivity contribution < 1.29 is 0 Å². The summed E-state index contributed by atoms with van der Waals surface area (Å²) in [7, 11) is 2.01. The van der Waals surface area contributed by atoms with E-state index in [1.807, 2.05) is 7.05 Å². The molecule has 0 spiro atoms. The number of hydrogen-bond donors (Lipinski definition) is 0. The SMILES string of the molecule is CCc1nnc(SCc2csc(-c3ccc(C)cc3)n2)n1C. The molecule has 0 aliphatic carbocycles. The van der Waals surface area contributed by atoms with E-state index in [0.29, 0.717) is 0 Å². The van der Waals surface area contributed by atoms with Crippen LogP contribution in [0.15, 0.2) is 34.8 Å². The van der Waals surface area contributed by atoms with Gasteiger partial charge < -0.3 is 4.57 Å². The van der Waals surface area contributed by atoms with E-state index in [2.05, 4.69) is 58.3 Å². The summed E-state index contributed by atoms with van der Waals surface area (Å²) in [6.45, 7) is 4.19. The van der Waals surface area contributed by atoms with Crippen LogP contribution in [-0.2, 0) is 19.2 Å². The van der Waals surface area contributed by atoms with Crippen molar-refractivity contribution in [3.8, 4) is 10.6 Å². The van der Waals surface area contributed by atoms with E-state index in [0.717, 1.165) is 33.9 Å². The molecular formula is C16H18N4S2. The minimum absolute atomic E-state index is 0.818. The molecule has 3 aromatic rings. The third-order valence-electron chi connectivity index (χ3n) is 3.44. The Morgan fingerprint density at radius 2 is 1.95 bits per heavy atom. The van der Waals surface area contributed by atoms with Crippen LogP contribution in [0.1, 0.15) is 24.0 Å². The van der Waals surface area contributed by atoms with Crippen LogP contribution in [0.2, 0.25) is 0 Å². The molecule has 2 aromatic heterocycles. The molecule has 0 fully saturated rings. The van der Waals surface area contributed by atoms with Gasteiger partial charge >= 0.3 is 0 Å². The Morgan fingerprint density at radius 1 is 1.18 bits per heavy atom. The molecule has 6 heteroatoms. The van der Waals surface area contributed by atoms with Gasteiger partial charge in [-0.05, 0) is 6.92 Å². The summed E-state index contributed by atoms with van der Waals surface area (Å²) in [5, 5.41) is 12.6. The van der Waals surface area contributed by atoms with Crippen molar-refractivity contribution in [2.75, 3.05) is 0 Å². The van der Waals surface area contributed by atoms with E-state index < -0.39 is 0 Å². The molecule has 0 atom stereocenters. The van der Waals surface area contributed by atoms with E-state index in [1.165, 1.54) is 11.1 Å². The summed E-state index contributed by atoms with van der Waals surface area (Å²) in [4.78, 5) is 4.72. The molecule has 0 saturated heterocycles. The fourth-order valence-corrected chi connectivity index (χ4v) is 3.87. The third kappa shape index (κ3) is 3.23. The second kappa shape index (κ2) is 6.62. The molecule has 0 bridgehead atoms. The van der Waals surface area contributed by atoms with E-state index >= 15 is 0 Å². The lowest BCUT2D eigenvalue weighted by Crippen LogP contribution is -1.97. The minimum Gasteiger partial charge on any atom is -0.309 e. The number of thiazole rings is 1. The lowest BCUT2D eigenvalue weighted by molar-refractivity contribution is 0.741. The molecule has 22 heavy (non-hydrogen) atoms. The lowest BCUT2D eigenvalue weighted by Gasteiger charge is -2.00. The van der Waals surface area contributed by atoms with E-state index in [4.69, 9.17) is 4.98 Å². The molecule has 2 heterocycles. The van der Waals surface area contributed by atoms with Crippen LogP contribution in [0, 0.1) is 6.92 Å². The molecule has 0 aliphatic heterocycles. The van der Waals surface area contributed by atoms with Crippen LogP contribution in [0.4, 0.5) is 0 Å². The van der Waals surface area contributed by atoms with Gasteiger partial charge in [0.05, 0.1) is 5.69 Å². The Balaban J connectivity index is 1.69. The van der Waals surface area contributed by atoms with Crippen LogP contribution in [0.5, 0.6) is 0 Å². The summed E-state index contributed by atoms with van der Waals surface area (Å²) in [6.07, 6.45) is 0.901. The van der Waals surface area contributed by atoms with E-state index in [-0.39, 0.29) is 0 Å². The predicted octanol–water partition coefficient (Wildman–Crippen LogP) is 4.10. The number of benzene rings is 1. The first kappa shape index (κ1) is 15.2. The maximum atomic E-state index is 4.72. The minimum atomic E-state index is 0.818. The predicted molar refractivity (Wildman–Crippen MR) is 92.2 cm³/mol.